The van der Waals surface area contributed by atoms with Crippen molar-refractivity contribution in [2.24, 2.45) is 0 Å². The number of rotatable bonds is 7. The molecule has 9 heteroatoms. The van der Waals surface area contributed by atoms with E-state index in [0.29, 0.717) is 17.6 Å². The Labute approximate surface area is 171 Å². The molecule has 29 heavy (non-hydrogen) atoms. The van der Waals surface area contributed by atoms with E-state index in [9.17, 15) is 18.0 Å². The van der Waals surface area contributed by atoms with Crippen LogP contribution in [0.4, 0.5) is 18.9 Å². The average Bonchev–Trinajstić information content (AvgIpc) is 3.11. The zero-order valence-electron chi connectivity index (χ0n) is 16.1. The zero-order chi connectivity index (χ0) is 21.0. The van der Waals surface area contributed by atoms with Gasteiger partial charge in [0.05, 0.1) is 10.9 Å². The van der Waals surface area contributed by atoms with Crippen molar-refractivity contribution < 1.29 is 18.0 Å². The van der Waals surface area contributed by atoms with E-state index in [-0.39, 0.29) is 0 Å². The molecular weight excluding hydrogens is 401 g/mol. The summed E-state index contributed by atoms with van der Waals surface area (Å²) in [7, 11) is 0. The summed E-state index contributed by atoms with van der Waals surface area (Å²) in [5.41, 5.74) is -0.406. The highest BCUT2D eigenvalue weighted by Crippen LogP contribution is 2.34. The van der Waals surface area contributed by atoms with Crippen LogP contribution in [0, 0.1) is 17.5 Å². The van der Waals surface area contributed by atoms with Crippen molar-refractivity contribution in [3.8, 4) is 0 Å². The Balaban J connectivity index is 1.73. The number of thioether (sulfide) groups is 1. The molecule has 2 aromatic rings. The lowest BCUT2D eigenvalue weighted by Crippen LogP contribution is -2.24. The van der Waals surface area contributed by atoms with Gasteiger partial charge in [-0.05, 0) is 31.9 Å². The van der Waals surface area contributed by atoms with Gasteiger partial charge >= 0.3 is 0 Å². The van der Waals surface area contributed by atoms with Crippen LogP contribution in [0.25, 0.3) is 0 Å². The normalized spacial score (nSPS) is 15.9. The number of nitrogens with zero attached hydrogens (tertiary/aromatic N) is 3. The predicted octanol–water partition coefficient (Wildman–Crippen LogP) is 5.05. The number of amides is 1. The monoisotopic (exact) mass is 424 g/mol. The van der Waals surface area contributed by atoms with Gasteiger partial charge in [0, 0.05) is 12.5 Å². The maximum absolute atomic E-state index is 13.8. The van der Waals surface area contributed by atoms with Gasteiger partial charge in [0.15, 0.2) is 22.6 Å². The number of hydrogen-bond acceptors (Lipinski definition) is 4. The fourth-order valence-corrected chi connectivity index (χ4v) is 4.28. The van der Waals surface area contributed by atoms with Gasteiger partial charge in [-0.1, -0.05) is 37.1 Å². The van der Waals surface area contributed by atoms with Gasteiger partial charge < -0.3 is 9.88 Å². The molecule has 0 radical (unpaired) electrons. The van der Waals surface area contributed by atoms with Crippen LogP contribution in [0.3, 0.4) is 0 Å². The van der Waals surface area contributed by atoms with Crippen molar-refractivity contribution in [1.29, 1.82) is 0 Å². The van der Waals surface area contributed by atoms with Crippen molar-refractivity contribution in [2.75, 3.05) is 5.32 Å². The highest BCUT2D eigenvalue weighted by atomic mass is 32.2. The van der Waals surface area contributed by atoms with Crippen LogP contribution in [-0.2, 0) is 11.3 Å². The SMILES string of the molecule is C=CCn1c(SC(C)C(=O)Nc2ccc(F)c(F)c2F)nnc1C1CCCCC1. The number of carbonyl (C=O) groups excluding carboxylic acids is 1. The summed E-state index contributed by atoms with van der Waals surface area (Å²) in [6.45, 7) is 5.94. The van der Waals surface area contributed by atoms with E-state index < -0.39 is 34.3 Å². The molecule has 1 aliphatic carbocycles. The molecule has 1 atom stereocenters. The number of allylic oxidation sites excluding steroid dienone is 1. The van der Waals surface area contributed by atoms with Crippen LogP contribution < -0.4 is 5.32 Å². The first-order valence-electron chi connectivity index (χ1n) is 9.57. The first-order valence-corrected chi connectivity index (χ1v) is 10.4. The lowest BCUT2D eigenvalue weighted by Gasteiger charge is -2.21. The molecule has 1 saturated carbocycles. The third kappa shape index (κ3) is 4.83. The van der Waals surface area contributed by atoms with Crippen LogP contribution in [0.5, 0.6) is 0 Å². The number of aromatic nitrogens is 3. The van der Waals surface area contributed by atoms with Crippen LogP contribution in [0.1, 0.15) is 50.8 Å². The van der Waals surface area contributed by atoms with Gasteiger partial charge in [-0.2, -0.15) is 0 Å². The lowest BCUT2D eigenvalue weighted by molar-refractivity contribution is -0.115. The third-order valence-electron chi connectivity index (χ3n) is 4.97. The smallest absolute Gasteiger partial charge is 0.237 e. The second kappa shape index (κ2) is 9.47. The number of carbonyl (C=O) groups is 1. The molecule has 1 fully saturated rings. The molecule has 1 aromatic carbocycles. The van der Waals surface area contributed by atoms with E-state index >= 15 is 0 Å². The highest BCUT2D eigenvalue weighted by molar-refractivity contribution is 8.00. The van der Waals surface area contributed by atoms with Gasteiger partial charge in [-0.15, -0.1) is 16.8 Å². The molecular formula is C20H23F3N4OS. The minimum atomic E-state index is -1.62. The van der Waals surface area contributed by atoms with E-state index in [1.54, 1.807) is 13.0 Å². The minimum absolute atomic E-state index is 0.339. The standard InChI is InChI=1S/C20H23F3N4OS/c1-3-11-27-18(13-7-5-4-6-8-13)25-26-20(27)29-12(2)19(28)24-15-10-9-14(21)16(22)17(15)23/h3,9-10,12-13H,1,4-8,11H2,2H3,(H,24,28). The third-order valence-corrected chi connectivity index (χ3v) is 6.05. The summed E-state index contributed by atoms with van der Waals surface area (Å²) >= 11 is 1.17. The Morgan fingerprint density at radius 1 is 1.28 bits per heavy atom. The predicted molar refractivity (Wildman–Crippen MR) is 106 cm³/mol. The topological polar surface area (TPSA) is 59.8 Å². The number of anilines is 1. The Hall–Kier alpha value is -2.29. The second-order valence-electron chi connectivity index (χ2n) is 7.05. The molecule has 3 rings (SSSR count). The summed E-state index contributed by atoms with van der Waals surface area (Å²) in [6, 6.07) is 1.76. The molecule has 1 aromatic heterocycles. The van der Waals surface area contributed by atoms with Crippen molar-refractivity contribution >= 4 is 23.4 Å². The maximum atomic E-state index is 13.8. The van der Waals surface area contributed by atoms with E-state index in [1.165, 1.54) is 18.2 Å². The molecule has 5 nitrogen and oxygen atoms in total. The first-order chi connectivity index (χ1) is 13.9. The fraction of sp³-hybridized carbons (Fsp3) is 0.450. The molecule has 0 aliphatic heterocycles. The zero-order valence-corrected chi connectivity index (χ0v) is 16.9. The Bertz CT molecular complexity index is 896. The van der Waals surface area contributed by atoms with Crippen molar-refractivity contribution in [1.82, 2.24) is 14.8 Å². The second-order valence-corrected chi connectivity index (χ2v) is 8.36. The summed E-state index contributed by atoms with van der Waals surface area (Å²) in [5, 5.41) is 10.8. The molecule has 156 valence electrons. The van der Waals surface area contributed by atoms with E-state index in [0.717, 1.165) is 43.6 Å². The minimum Gasteiger partial charge on any atom is -0.323 e. The summed E-state index contributed by atoms with van der Waals surface area (Å²) < 4.78 is 42.2. The lowest BCUT2D eigenvalue weighted by atomic mass is 9.89. The number of benzene rings is 1. The van der Waals surface area contributed by atoms with Crippen LogP contribution >= 0.6 is 11.8 Å². The molecule has 0 saturated heterocycles. The quantitative estimate of drug-likeness (QED) is 0.384. The van der Waals surface area contributed by atoms with Crippen molar-refractivity contribution in [3.63, 3.8) is 0 Å². The van der Waals surface area contributed by atoms with Crippen LogP contribution in [-0.4, -0.2) is 25.9 Å². The Morgan fingerprint density at radius 3 is 2.69 bits per heavy atom. The van der Waals surface area contributed by atoms with Crippen LogP contribution in [0.2, 0.25) is 0 Å². The van der Waals surface area contributed by atoms with E-state index in [4.69, 9.17) is 0 Å². The highest BCUT2D eigenvalue weighted by Gasteiger charge is 2.26. The Morgan fingerprint density at radius 2 is 2.00 bits per heavy atom. The largest absolute Gasteiger partial charge is 0.323 e. The molecule has 1 N–H and O–H groups in total. The maximum Gasteiger partial charge on any atom is 0.237 e. The van der Waals surface area contributed by atoms with Gasteiger partial charge in [0.1, 0.15) is 5.82 Å². The number of hydrogen-bond donors (Lipinski definition) is 1. The number of halogens is 3. The van der Waals surface area contributed by atoms with E-state index in [2.05, 4.69) is 22.1 Å². The molecule has 1 amide bonds. The first kappa shape index (κ1) is 21.4. The Kier molecular flexibility index (Phi) is 7.00. The number of nitrogens with one attached hydrogen (secondary N) is 1. The molecule has 1 heterocycles. The van der Waals surface area contributed by atoms with Crippen molar-refractivity contribution in [3.05, 3.63) is 48.1 Å². The van der Waals surface area contributed by atoms with Crippen LogP contribution in [0.15, 0.2) is 29.9 Å². The van der Waals surface area contributed by atoms with Gasteiger partial charge in [0.2, 0.25) is 5.91 Å². The van der Waals surface area contributed by atoms with E-state index in [1.807, 2.05) is 4.57 Å². The molecule has 1 aliphatic rings. The summed E-state index contributed by atoms with van der Waals surface area (Å²) in [5.74, 6) is -3.67. The van der Waals surface area contributed by atoms with Crippen molar-refractivity contribution in [2.45, 2.75) is 61.9 Å². The van der Waals surface area contributed by atoms with Gasteiger partial charge in [0.25, 0.3) is 0 Å². The summed E-state index contributed by atoms with van der Waals surface area (Å²) in [4.78, 5) is 12.5. The van der Waals surface area contributed by atoms with Gasteiger partial charge in [-0.3, -0.25) is 4.79 Å². The molecule has 1 unspecified atom stereocenters. The fourth-order valence-electron chi connectivity index (χ4n) is 3.42. The average molecular weight is 424 g/mol. The van der Waals surface area contributed by atoms with Gasteiger partial charge in [-0.25, -0.2) is 13.2 Å². The molecule has 0 bridgehead atoms. The summed E-state index contributed by atoms with van der Waals surface area (Å²) in [6.07, 6.45) is 7.42. The molecule has 0 spiro atoms.